The SMILES string of the molecule is c1ccc(-c2ccc(-c3nc(-n4c5ccccc5c5cc6c7c8ccccc8ccc7n7c8ccccc8c(c54)c67)nc4c3ccc3ccccc34)cc2)cc1. The lowest BCUT2D eigenvalue weighted by Gasteiger charge is -2.14. The minimum atomic E-state index is 0.662. The summed E-state index contributed by atoms with van der Waals surface area (Å²) in [6.45, 7) is 0. The molecule has 4 heteroatoms. The zero-order valence-corrected chi connectivity index (χ0v) is 30.1. The summed E-state index contributed by atoms with van der Waals surface area (Å²) in [6, 6.07) is 65.7. The molecule has 4 aromatic heterocycles. The van der Waals surface area contributed by atoms with Crippen molar-refractivity contribution >= 4 is 92.3 Å². The molecule has 4 heterocycles. The number of para-hydroxylation sites is 2. The van der Waals surface area contributed by atoms with E-state index in [2.05, 4.69) is 191 Å². The molecule has 0 saturated heterocycles. The van der Waals surface area contributed by atoms with Crippen LogP contribution in [0.4, 0.5) is 0 Å². The first-order valence-corrected chi connectivity index (χ1v) is 19.2. The van der Waals surface area contributed by atoms with Gasteiger partial charge in [-0.25, -0.2) is 9.97 Å². The zero-order chi connectivity index (χ0) is 36.5. The van der Waals surface area contributed by atoms with E-state index in [9.17, 15) is 0 Å². The molecule has 4 nitrogen and oxygen atoms in total. The molecular weight excluding hydrogens is 681 g/mol. The third kappa shape index (κ3) is 3.92. The highest BCUT2D eigenvalue weighted by Gasteiger charge is 2.26. The molecule has 0 atom stereocenters. The summed E-state index contributed by atoms with van der Waals surface area (Å²) in [5, 5.41) is 13.2. The van der Waals surface area contributed by atoms with Crippen molar-refractivity contribution in [2.45, 2.75) is 0 Å². The van der Waals surface area contributed by atoms with Gasteiger partial charge in [0.1, 0.15) is 0 Å². The van der Waals surface area contributed by atoms with Crippen molar-refractivity contribution in [2.24, 2.45) is 0 Å². The molecule has 0 radical (unpaired) electrons. The third-order valence-electron chi connectivity index (χ3n) is 12.0. The van der Waals surface area contributed by atoms with E-state index >= 15 is 0 Å². The average Bonchev–Trinajstić information content (AvgIpc) is 3.91. The first-order chi connectivity index (χ1) is 27.8. The van der Waals surface area contributed by atoms with Crippen molar-refractivity contribution in [2.75, 3.05) is 0 Å². The minimum absolute atomic E-state index is 0.662. The van der Waals surface area contributed by atoms with E-state index < -0.39 is 0 Å². The second-order valence-corrected chi connectivity index (χ2v) is 14.9. The lowest BCUT2D eigenvalue weighted by atomic mass is 9.99. The van der Waals surface area contributed by atoms with Crippen molar-refractivity contribution in [1.29, 1.82) is 0 Å². The standard InChI is InChI=1S/C52H30N4/c1-2-12-31(13-3-1)32-22-24-35(25-23-32)48-40-28-26-34-15-5-7-17-37(34)49(40)54-52(53-48)56-43-20-10-8-18-38(43)41-30-42-46-36-16-6-4-14-33(36)27-29-45(46)55-44-21-11-9-19-39(44)47(50(41)56)51(42)55/h1-30H. The number of fused-ring (bicyclic) bond motifs is 15. The van der Waals surface area contributed by atoms with Crippen LogP contribution in [0.3, 0.4) is 0 Å². The van der Waals surface area contributed by atoms with Gasteiger partial charge in [-0.05, 0) is 57.6 Å². The average molecular weight is 711 g/mol. The van der Waals surface area contributed by atoms with Crippen LogP contribution in [0.2, 0.25) is 0 Å². The normalized spacial score (nSPS) is 12.3. The van der Waals surface area contributed by atoms with Crippen molar-refractivity contribution in [3.8, 4) is 28.3 Å². The number of hydrogen-bond acceptors (Lipinski definition) is 2. The van der Waals surface area contributed by atoms with Crippen LogP contribution in [-0.4, -0.2) is 18.9 Å². The second kappa shape index (κ2) is 11.0. The Balaban J connectivity index is 1.20. The topological polar surface area (TPSA) is 35.1 Å². The second-order valence-electron chi connectivity index (χ2n) is 14.9. The molecule has 0 unspecified atom stereocenters. The minimum Gasteiger partial charge on any atom is -0.308 e. The van der Waals surface area contributed by atoms with Crippen LogP contribution < -0.4 is 0 Å². The predicted octanol–water partition coefficient (Wildman–Crippen LogP) is 13.5. The van der Waals surface area contributed by atoms with Gasteiger partial charge in [0.2, 0.25) is 5.95 Å². The lowest BCUT2D eigenvalue weighted by Crippen LogP contribution is -2.04. The molecule has 13 rings (SSSR count). The molecule has 0 amide bonds. The predicted molar refractivity (Wildman–Crippen MR) is 234 cm³/mol. The highest BCUT2D eigenvalue weighted by atomic mass is 15.2. The van der Waals surface area contributed by atoms with Gasteiger partial charge in [-0.3, -0.25) is 4.57 Å². The molecule has 0 aliphatic heterocycles. The van der Waals surface area contributed by atoms with Crippen LogP contribution >= 0.6 is 0 Å². The highest BCUT2D eigenvalue weighted by Crippen LogP contribution is 2.48. The number of rotatable bonds is 3. The van der Waals surface area contributed by atoms with Gasteiger partial charge in [-0.1, -0.05) is 152 Å². The Hall–Kier alpha value is -7.56. The van der Waals surface area contributed by atoms with Gasteiger partial charge >= 0.3 is 0 Å². The van der Waals surface area contributed by atoms with Gasteiger partial charge in [0.25, 0.3) is 0 Å². The van der Waals surface area contributed by atoms with Gasteiger partial charge in [0.15, 0.2) is 0 Å². The van der Waals surface area contributed by atoms with Crippen LogP contribution in [0.5, 0.6) is 0 Å². The highest BCUT2D eigenvalue weighted by molar-refractivity contribution is 6.36. The molecule has 0 aliphatic rings. The Kier molecular flexibility index (Phi) is 5.86. The fraction of sp³-hybridized carbons (Fsp3) is 0. The molecule has 9 aromatic carbocycles. The Morgan fingerprint density at radius 3 is 1.79 bits per heavy atom. The Morgan fingerprint density at radius 2 is 0.964 bits per heavy atom. The van der Waals surface area contributed by atoms with Crippen LogP contribution in [0.25, 0.3) is 121 Å². The van der Waals surface area contributed by atoms with Gasteiger partial charge in [0, 0.05) is 48.7 Å². The first-order valence-electron chi connectivity index (χ1n) is 19.2. The maximum Gasteiger partial charge on any atom is 0.235 e. The maximum atomic E-state index is 5.58. The molecule has 0 spiro atoms. The van der Waals surface area contributed by atoms with Crippen molar-refractivity contribution in [3.63, 3.8) is 0 Å². The molecular formula is C52H30N4. The molecule has 0 N–H and O–H groups in total. The van der Waals surface area contributed by atoms with E-state index in [1.165, 1.54) is 70.8 Å². The number of nitrogens with zero attached hydrogens (tertiary/aromatic N) is 4. The Labute approximate surface area is 320 Å². The smallest absolute Gasteiger partial charge is 0.235 e. The quantitative estimate of drug-likeness (QED) is 0.171. The summed E-state index contributed by atoms with van der Waals surface area (Å²) in [6.07, 6.45) is 0. The maximum absolute atomic E-state index is 5.58. The summed E-state index contributed by atoms with van der Waals surface area (Å²) in [5.41, 5.74) is 11.2. The number of hydrogen-bond donors (Lipinski definition) is 0. The van der Waals surface area contributed by atoms with E-state index in [0.717, 1.165) is 44.0 Å². The monoisotopic (exact) mass is 710 g/mol. The molecule has 0 fully saturated rings. The molecule has 0 saturated carbocycles. The summed E-state index contributed by atoms with van der Waals surface area (Å²) < 4.78 is 4.82. The van der Waals surface area contributed by atoms with Crippen LogP contribution in [0.15, 0.2) is 182 Å². The van der Waals surface area contributed by atoms with Crippen molar-refractivity contribution < 1.29 is 0 Å². The van der Waals surface area contributed by atoms with Crippen LogP contribution in [-0.2, 0) is 0 Å². The summed E-state index contributed by atoms with van der Waals surface area (Å²) >= 11 is 0. The molecule has 0 bridgehead atoms. The van der Waals surface area contributed by atoms with Crippen molar-refractivity contribution in [1.82, 2.24) is 18.9 Å². The molecule has 0 aliphatic carbocycles. The fourth-order valence-electron chi connectivity index (χ4n) is 9.61. The van der Waals surface area contributed by atoms with Crippen LogP contribution in [0, 0.1) is 0 Å². The van der Waals surface area contributed by atoms with Crippen LogP contribution in [0.1, 0.15) is 0 Å². The lowest BCUT2D eigenvalue weighted by molar-refractivity contribution is 1.02. The van der Waals surface area contributed by atoms with E-state index in [1.807, 2.05) is 0 Å². The Bertz CT molecular complexity index is 3740. The molecule has 13 aromatic rings. The Morgan fingerprint density at radius 1 is 0.339 bits per heavy atom. The zero-order valence-electron chi connectivity index (χ0n) is 30.1. The number of benzene rings is 9. The van der Waals surface area contributed by atoms with Gasteiger partial charge < -0.3 is 4.40 Å². The fourth-order valence-corrected chi connectivity index (χ4v) is 9.61. The van der Waals surface area contributed by atoms with E-state index in [4.69, 9.17) is 9.97 Å². The van der Waals surface area contributed by atoms with E-state index in [1.54, 1.807) is 0 Å². The van der Waals surface area contributed by atoms with Crippen molar-refractivity contribution in [3.05, 3.63) is 182 Å². The molecule has 258 valence electrons. The third-order valence-corrected chi connectivity index (χ3v) is 12.0. The summed E-state index contributed by atoms with van der Waals surface area (Å²) in [4.78, 5) is 11.1. The van der Waals surface area contributed by atoms with E-state index in [-0.39, 0.29) is 0 Å². The molecule has 56 heavy (non-hydrogen) atoms. The van der Waals surface area contributed by atoms with Gasteiger partial charge in [-0.2, -0.15) is 0 Å². The largest absolute Gasteiger partial charge is 0.308 e. The van der Waals surface area contributed by atoms with E-state index in [0.29, 0.717) is 5.95 Å². The van der Waals surface area contributed by atoms with Gasteiger partial charge in [0.05, 0.1) is 38.8 Å². The summed E-state index contributed by atoms with van der Waals surface area (Å²) in [5.74, 6) is 0.662. The first kappa shape index (κ1) is 29.8. The van der Waals surface area contributed by atoms with Gasteiger partial charge in [-0.15, -0.1) is 0 Å². The number of aromatic nitrogens is 4. The summed E-state index contributed by atoms with van der Waals surface area (Å²) in [7, 11) is 0.